The van der Waals surface area contributed by atoms with E-state index in [1.54, 1.807) is 28.9 Å². The number of amides is 2. The summed E-state index contributed by atoms with van der Waals surface area (Å²) >= 11 is 0. The Hall–Kier alpha value is -1.66. The molecule has 1 aromatic rings. The second kappa shape index (κ2) is 8.84. The molecule has 0 aromatic heterocycles. The van der Waals surface area contributed by atoms with E-state index in [4.69, 9.17) is 5.73 Å². The van der Waals surface area contributed by atoms with E-state index in [-0.39, 0.29) is 30.0 Å². The van der Waals surface area contributed by atoms with Gasteiger partial charge in [-0.1, -0.05) is 6.07 Å². The van der Waals surface area contributed by atoms with Crippen LogP contribution in [0.15, 0.2) is 18.2 Å². The minimum absolute atomic E-state index is 0. The lowest BCUT2D eigenvalue weighted by molar-refractivity contribution is -0.132. The topological polar surface area (TPSA) is 66.6 Å². The van der Waals surface area contributed by atoms with Crippen LogP contribution in [0.2, 0.25) is 0 Å². The number of benzene rings is 1. The van der Waals surface area contributed by atoms with Crippen molar-refractivity contribution in [3.05, 3.63) is 35.1 Å². The summed E-state index contributed by atoms with van der Waals surface area (Å²) in [5.74, 6) is -0.478. The second-order valence-electron chi connectivity index (χ2n) is 5.53. The van der Waals surface area contributed by atoms with Crippen LogP contribution in [0.25, 0.3) is 0 Å². The van der Waals surface area contributed by atoms with Gasteiger partial charge >= 0.3 is 0 Å². The SMILES string of the molecule is Cc1ccc(C(=O)N2CCN(C(=O)CCCN)CC2)cc1F.Cl. The molecule has 0 saturated carbocycles. The van der Waals surface area contributed by atoms with E-state index >= 15 is 0 Å². The maximum atomic E-state index is 13.6. The van der Waals surface area contributed by atoms with Gasteiger partial charge in [-0.2, -0.15) is 0 Å². The molecule has 0 bridgehead atoms. The highest BCUT2D eigenvalue weighted by atomic mass is 35.5. The van der Waals surface area contributed by atoms with Crippen LogP contribution in [0.3, 0.4) is 0 Å². The van der Waals surface area contributed by atoms with E-state index < -0.39 is 0 Å². The number of carbonyl (C=O) groups excluding carboxylic acids is 2. The van der Waals surface area contributed by atoms with Gasteiger partial charge in [0.2, 0.25) is 5.91 Å². The quantitative estimate of drug-likeness (QED) is 0.902. The Bertz CT molecular complexity index is 560. The predicted octanol–water partition coefficient (Wildman–Crippen LogP) is 1.58. The van der Waals surface area contributed by atoms with Gasteiger partial charge in [0, 0.05) is 38.2 Å². The number of rotatable bonds is 4. The predicted molar refractivity (Wildman–Crippen MR) is 89.2 cm³/mol. The third-order valence-corrected chi connectivity index (χ3v) is 3.93. The molecule has 128 valence electrons. The molecule has 0 unspecified atom stereocenters. The molecular formula is C16H23ClFN3O2. The minimum Gasteiger partial charge on any atom is -0.339 e. The molecule has 7 heteroatoms. The molecule has 1 saturated heterocycles. The van der Waals surface area contributed by atoms with Crippen LogP contribution in [-0.2, 0) is 4.79 Å². The van der Waals surface area contributed by atoms with Crippen LogP contribution in [0.1, 0.15) is 28.8 Å². The summed E-state index contributed by atoms with van der Waals surface area (Å²) in [5.41, 5.74) is 6.27. The molecule has 0 atom stereocenters. The number of piperazine rings is 1. The van der Waals surface area contributed by atoms with Crippen molar-refractivity contribution in [1.82, 2.24) is 9.80 Å². The molecule has 1 aliphatic rings. The zero-order chi connectivity index (χ0) is 16.1. The van der Waals surface area contributed by atoms with Gasteiger partial charge in [0.05, 0.1) is 0 Å². The molecule has 0 aliphatic carbocycles. The molecule has 2 amide bonds. The summed E-state index contributed by atoms with van der Waals surface area (Å²) in [4.78, 5) is 27.7. The average Bonchev–Trinajstić information content (AvgIpc) is 2.54. The zero-order valence-electron chi connectivity index (χ0n) is 13.3. The maximum absolute atomic E-state index is 13.6. The van der Waals surface area contributed by atoms with Gasteiger partial charge in [-0.05, 0) is 37.6 Å². The first-order valence-corrected chi connectivity index (χ1v) is 7.56. The highest BCUT2D eigenvalue weighted by molar-refractivity contribution is 5.94. The van der Waals surface area contributed by atoms with Gasteiger partial charge in [0.25, 0.3) is 5.91 Å². The van der Waals surface area contributed by atoms with Gasteiger partial charge < -0.3 is 15.5 Å². The summed E-state index contributed by atoms with van der Waals surface area (Å²) in [6.45, 7) is 4.15. The molecule has 23 heavy (non-hydrogen) atoms. The first-order chi connectivity index (χ1) is 10.5. The standard InChI is InChI=1S/C16H22FN3O2.ClH/c1-12-4-5-13(11-14(12)17)16(22)20-9-7-19(8-10-20)15(21)3-2-6-18;/h4-5,11H,2-3,6-10,18H2,1H3;1H. The van der Waals surface area contributed by atoms with E-state index in [0.717, 1.165) is 0 Å². The molecule has 1 aliphatic heterocycles. The molecule has 2 N–H and O–H groups in total. The Morgan fingerprint density at radius 3 is 2.35 bits per heavy atom. The lowest BCUT2D eigenvalue weighted by atomic mass is 10.1. The number of hydrogen-bond donors (Lipinski definition) is 1. The van der Waals surface area contributed by atoms with Crippen molar-refractivity contribution in [3.8, 4) is 0 Å². The van der Waals surface area contributed by atoms with Gasteiger partial charge in [-0.15, -0.1) is 12.4 Å². The van der Waals surface area contributed by atoms with Crippen LogP contribution < -0.4 is 5.73 Å². The summed E-state index contributed by atoms with van der Waals surface area (Å²) in [7, 11) is 0. The molecule has 1 heterocycles. The van der Waals surface area contributed by atoms with Crippen molar-refractivity contribution >= 4 is 24.2 Å². The molecular weight excluding hydrogens is 321 g/mol. The van der Waals surface area contributed by atoms with Gasteiger partial charge in [-0.25, -0.2) is 4.39 Å². The van der Waals surface area contributed by atoms with Crippen molar-refractivity contribution in [1.29, 1.82) is 0 Å². The molecule has 1 fully saturated rings. The number of aryl methyl sites for hydroxylation is 1. The van der Waals surface area contributed by atoms with Crippen LogP contribution in [-0.4, -0.2) is 54.3 Å². The molecule has 1 aromatic carbocycles. The largest absolute Gasteiger partial charge is 0.339 e. The highest BCUT2D eigenvalue weighted by Crippen LogP contribution is 2.13. The van der Waals surface area contributed by atoms with E-state index in [1.807, 2.05) is 0 Å². The normalized spacial score (nSPS) is 14.4. The average molecular weight is 344 g/mol. The smallest absolute Gasteiger partial charge is 0.254 e. The number of carbonyl (C=O) groups is 2. The number of nitrogens with zero attached hydrogens (tertiary/aromatic N) is 2. The van der Waals surface area contributed by atoms with E-state index in [0.29, 0.717) is 56.7 Å². The molecule has 0 spiro atoms. The first kappa shape index (κ1) is 19.4. The Morgan fingerprint density at radius 1 is 1.17 bits per heavy atom. The van der Waals surface area contributed by atoms with Crippen molar-refractivity contribution < 1.29 is 14.0 Å². The summed E-state index contributed by atoms with van der Waals surface area (Å²) in [5, 5.41) is 0. The summed E-state index contributed by atoms with van der Waals surface area (Å²) < 4.78 is 13.6. The van der Waals surface area contributed by atoms with Gasteiger partial charge in [-0.3, -0.25) is 9.59 Å². The first-order valence-electron chi connectivity index (χ1n) is 7.56. The van der Waals surface area contributed by atoms with Crippen LogP contribution in [0, 0.1) is 12.7 Å². The van der Waals surface area contributed by atoms with Crippen LogP contribution in [0.4, 0.5) is 4.39 Å². The lowest BCUT2D eigenvalue weighted by Gasteiger charge is -2.35. The van der Waals surface area contributed by atoms with Crippen molar-refractivity contribution in [2.45, 2.75) is 19.8 Å². The third kappa shape index (κ3) is 4.91. The van der Waals surface area contributed by atoms with E-state index in [1.165, 1.54) is 6.07 Å². The van der Waals surface area contributed by atoms with E-state index in [9.17, 15) is 14.0 Å². The zero-order valence-corrected chi connectivity index (χ0v) is 14.1. The molecule has 2 rings (SSSR count). The van der Waals surface area contributed by atoms with Crippen molar-refractivity contribution in [3.63, 3.8) is 0 Å². The maximum Gasteiger partial charge on any atom is 0.254 e. The lowest BCUT2D eigenvalue weighted by Crippen LogP contribution is -2.50. The Labute approximate surface area is 142 Å². The minimum atomic E-state index is -0.374. The van der Waals surface area contributed by atoms with Crippen LogP contribution >= 0.6 is 12.4 Å². The van der Waals surface area contributed by atoms with Gasteiger partial charge in [0.1, 0.15) is 5.82 Å². The fraction of sp³-hybridized carbons (Fsp3) is 0.500. The number of nitrogens with two attached hydrogens (primary N) is 1. The Morgan fingerprint density at radius 2 is 1.78 bits per heavy atom. The van der Waals surface area contributed by atoms with Crippen LogP contribution in [0.5, 0.6) is 0 Å². The Kier molecular flexibility index (Phi) is 7.45. The van der Waals surface area contributed by atoms with Crippen molar-refractivity contribution in [2.75, 3.05) is 32.7 Å². The monoisotopic (exact) mass is 343 g/mol. The summed E-state index contributed by atoms with van der Waals surface area (Å²) in [6.07, 6.45) is 1.13. The molecule has 0 radical (unpaired) electrons. The fourth-order valence-electron chi connectivity index (χ4n) is 2.48. The number of halogens is 2. The second-order valence-corrected chi connectivity index (χ2v) is 5.53. The van der Waals surface area contributed by atoms with E-state index in [2.05, 4.69) is 0 Å². The number of hydrogen-bond acceptors (Lipinski definition) is 3. The molecule has 5 nitrogen and oxygen atoms in total. The summed E-state index contributed by atoms with van der Waals surface area (Å²) in [6, 6.07) is 4.52. The fourth-order valence-corrected chi connectivity index (χ4v) is 2.48. The highest BCUT2D eigenvalue weighted by Gasteiger charge is 2.24. The Balaban J connectivity index is 0.00000264. The van der Waals surface area contributed by atoms with Crippen molar-refractivity contribution in [2.24, 2.45) is 5.73 Å². The van der Waals surface area contributed by atoms with Gasteiger partial charge in [0.15, 0.2) is 0 Å². The third-order valence-electron chi connectivity index (χ3n) is 3.93.